The Balaban J connectivity index is 1.96. The summed E-state index contributed by atoms with van der Waals surface area (Å²) in [5.41, 5.74) is 7.72. The topological polar surface area (TPSA) is 38.0 Å². The quantitative estimate of drug-likeness (QED) is 0.801. The Morgan fingerprint density at radius 2 is 2.11 bits per heavy atom. The lowest BCUT2D eigenvalue weighted by molar-refractivity contribution is 0.518. The number of hydrogen-bond donors (Lipinski definition) is 2. The third-order valence-electron chi connectivity index (χ3n) is 3.60. The van der Waals surface area contributed by atoms with Crippen LogP contribution < -0.4 is 11.1 Å². The minimum Gasteiger partial charge on any atom is -0.389 e. The van der Waals surface area contributed by atoms with Gasteiger partial charge in [-0.15, -0.1) is 0 Å². The van der Waals surface area contributed by atoms with Crippen molar-refractivity contribution < 1.29 is 0 Å². The van der Waals surface area contributed by atoms with E-state index in [0.717, 1.165) is 28.2 Å². The fourth-order valence-corrected chi connectivity index (χ4v) is 3.56. The lowest BCUT2D eigenvalue weighted by Gasteiger charge is -2.14. The van der Waals surface area contributed by atoms with Crippen molar-refractivity contribution >= 4 is 38.8 Å². The molecule has 0 saturated heterocycles. The van der Waals surface area contributed by atoms with Crippen LogP contribution in [0.4, 0.5) is 5.69 Å². The second-order valence-electron chi connectivity index (χ2n) is 4.89. The largest absolute Gasteiger partial charge is 0.389 e. The van der Waals surface area contributed by atoms with Crippen molar-refractivity contribution in [1.82, 2.24) is 0 Å². The first kappa shape index (κ1) is 13.8. The van der Waals surface area contributed by atoms with Crippen LogP contribution >= 0.6 is 28.1 Å². The Labute approximate surface area is 122 Å². The fraction of sp³-hybridized carbons (Fsp3) is 0.500. The van der Waals surface area contributed by atoms with Gasteiger partial charge in [-0.2, -0.15) is 0 Å². The second kappa shape index (κ2) is 6.53. The van der Waals surface area contributed by atoms with E-state index in [1.165, 1.54) is 32.1 Å². The van der Waals surface area contributed by atoms with Gasteiger partial charge in [0.25, 0.3) is 0 Å². The summed E-state index contributed by atoms with van der Waals surface area (Å²) in [7, 11) is 0. The average molecular weight is 327 g/mol. The maximum atomic E-state index is 5.77. The van der Waals surface area contributed by atoms with E-state index in [1.807, 2.05) is 18.2 Å². The van der Waals surface area contributed by atoms with Gasteiger partial charge in [-0.25, -0.2) is 0 Å². The first-order valence-corrected chi connectivity index (χ1v) is 7.71. The number of halogens is 1. The van der Waals surface area contributed by atoms with Crippen LogP contribution in [0.15, 0.2) is 22.7 Å². The van der Waals surface area contributed by atoms with E-state index in [2.05, 4.69) is 21.2 Å². The molecule has 1 fully saturated rings. The SMILES string of the molecule is NC(=S)c1c(Br)cccc1NCCC1CCCC1. The van der Waals surface area contributed by atoms with Crippen molar-refractivity contribution in [3.05, 3.63) is 28.2 Å². The number of nitrogens with two attached hydrogens (primary N) is 1. The number of rotatable bonds is 5. The molecular formula is C14H19BrN2S. The predicted molar refractivity (Wildman–Crippen MR) is 85.1 cm³/mol. The smallest absolute Gasteiger partial charge is 0.107 e. The summed E-state index contributed by atoms with van der Waals surface area (Å²) in [4.78, 5) is 0.436. The summed E-state index contributed by atoms with van der Waals surface area (Å²) < 4.78 is 0.959. The van der Waals surface area contributed by atoms with E-state index in [-0.39, 0.29) is 0 Å². The van der Waals surface area contributed by atoms with Crippen LogP contribution in [0.25, 0.3) is 0 Å². The molecule has 98 valence electrons. The molecule has 0 heterocycles. The summed E-state index contributed by atoms with van der Waals surface area (Å²) in [5, 5.41) is 3.46. The van der Waals surface area contributed by atoms with Crippen LogP contribution in [0.3, 0.4) is 0 Å². The highest BCUT2D eigenvalue weighted by Gasteiger charge is 2.15. The van der Waals surface area contributed by atoms with Gasteiger partial charge >= 0.3 is 0 Å². The van der Waals surface area contributed by atoms with Gasteiger partial charge in [-0.05, 0) is 40.4 Å². The molecule has 3 N–H and O–H groups in total. The molecule has 1 aromatic carbocycles. The van der Waals surface area contributed by atoms with Gasteiger partial charge in [0.15, 0.2) is 0 Å². The first-order valence-electron chi connectivity index (χ1n) is 6.50. The van der Waals surface area contributed by atoms with E-state index in [9.17, 15) is 0 Å². The van der Waals surface area contributed by atoms with Crippen molar-refractivity contribution in [3.8, 4) is 0 Å². The van der Waals surface area contributed by atoms with Crippen molar-refractivity contribution in [2.24, 2.45) is 11.7 Å². The lowest BCUT2D eigenvalue weighted by Crippen LogP contribution is -2.15. The van der Waals surface area contributed by atoms with Crippen molar-refractivity contribution in [3.63, 3.8) is 0 Å². The third kappa shape index (κ3) is 3.45. The van der Waals surface area contributed by atoms with Gasteiger partial charge in [-0.3, -0.25) is 0 Å². The minimum absolute atomic E-state index is 0.436. The summed E-state index contributed by atoms with van der Waals surface area (Å²) in [6.45, 7) is 0.997. The molecule has 2 nitrogen and oxygen atoms in total. The summed E-state index contributed by atoms with van der Waals surface area (Å²) >= 11 is 8.60. The molecule has 0 radical (unpaired) electrons. The maximum absolute atomic E-state index is 5.77. The Bertz CT molecular complexity index is 428. The Hall–Kier alpha value is -0.610. The molecule has 0 bridgehead atoms. The zero-order valence-corrected chi connectivity index (χ0v) is 12.8. The monoisotopic (exact) mass is 326 g/mol. The van der Waals surface area contributed by atoms with Gasteiger partial charge in [0.05, 0.1) is 0 Å². The van der Waals surface area contributed by atoms with Crippen LogP contribution in [-0.2, 0) is 0 Å². The molecule has 2 rings (SSSR count). The molecule has 4 heteroatoms. The van der Waals surface area contributed by atoms with Gasteiger partial charge in [0.2, 0.25) is 0 Å². The number of hydrogen-bond acceptors (Lipinski definition) is 2. The van der Waals surface area contributed by atoms with E-state index in [1.54, 1.807) is 0 Å². The molecule has 1 aromatic rings. The highest BCUT2D eigenvalue weighted by molar-refractivity contribution is 9.10. The third-order valence-corrected chi connectivity index (χ3v) is 4.47. The van der Waals surface area contributed by atoms with E-state index in [4.69, 9.17) is 18.0 Å². The van der Waals surface area contributed by atoms with Crippen LogP contribution in [0.1, 0.15) is 37.7 Å². The zero-order valence-electron chi connectivity index (χ0n) is 10.4. The zero-order chi connectivity index (χ0) is 13.0. The Morgan fingerprint density at radius 1 is 1.39 bits per heavy atom. The van der Waals surface area contributed by atoms with Gasteiger partial charge in [0.1, 0.15) is 4.99 Å². The summed E-state index contributed by atoms with van der Waals surface area (Å²) in [6, 6.07) is 6.01. The lowest BCUT2D eigenvalue weighted by atomic mass is 10.0. The Kier molecular flexibility index (Phi) is 5.01. The molecular weight excluding hydrogens is 308 g/mol. The minimum atomic E-state index is 0.436. The molecule has 0 aliphatic heterocycles. The molecule has 1 aliphatic carbocycles. The van der Waals surface area contributed by atoms with Gasteiger partial charge < -0.3 is 11.1 Å². The first-order chi connectivity index (χ1) is 8.68. The van der Waals surface area contributed by atoms with Crippen LogP contribution in [0.5, 0.6) is 0 Å². The van der Waals surface area contributed by atoms with Crippen LogP contribution in [0.2, 0.25) is 0 Å². The molecule has 0 amide bonds. The van der Waals surface area contributed by atoms with Gasteiger partial charge in [-0.1, -0.05) is 44.0 Å². The molecule has 0 atom stereocenters. The summed E-state index contributed by atoms with van der Waals surface area (Å²) in [5.74, 6) is 0.901. The van der Waals surface area contributed by atoms with Crippen LogP contribution in [-0.4, -0.2) is 11.5 Å². The van der Waals surface area contributed by atoms with E-state index in [0.29, 0.717) is 4.99 Å². The second-order valence-corrected chi connectivity index (χ2v) is 6.19. The van der Waals surface area contributed by atoms with Crippen molar-refractivity contribution in [1.29, 1.82) is 0 Å². The number of benzene rings is 1. The van der Waals surface area contributed by atoms with Gasteiger partial charge in [0, 0.05) is 22.3 Å². The van der Waals surface area contributed by atoms with Crippen molar-refractivity contribution in [2.45, 2.75) is 32.1 Å². The number of anilines is 1. The maximum Gasteiger partial charge on any atom is 0.107 e. The highest BCUT2D eigenvalue weighted by Crippen LogP contribution is 2.28. The number of thiocarbonyl (C=S) groups is 1. The molecule has 0 unspecified atom stereocenters. The number of nitrogens with one attached hydrogen (secondary N) is 1. The normalized spacial score (nSPS) is 15.8. The highest BCUT2D eigenvalue weighted by atomic mass is 79.9. The molecule has 0 spiro atoms. The molecule has 18 heavy (non-hydrogen) atoms. The fourth-order valence-electron chi connectivity index (χ4n) is 2.63. The Morgan fingerprint density at radius 3 is 2.78 bits per heavy atom. The van der Waals surface area contributed by atoms with Crippen LogP contribution in [0, 0.1) is 5.92 Å². The predicted octanol–water partition coefficient (Wildman–Crippen LogP) is 4.08. The van der Waals surface area contributed by atoms with E-state index < -0.39 is 0 Å². The summed E-state index contributed by atoms with van der Waals surface area (Å²) in [6.07, 6.45) is 6.83. The molecule has 1 aliphatic rings. The molecule has 1 saturated carbocycles. The van der Waals surface area contributed by atoms with E-state index >= 15 is 0 Å². The average Bonchev–Trinajstić information content (AvgIpc) is 2.81. The molecule has 0 aromatic heterocycles. The standard InChI is InChI=1S/C14H19BrN2S/c15-11-6-3-7-12(13(11)14(16)18)17-9-8-10-4-1-2-5-10/h3,6-7,10,17H,1-2,4-5,8-9H2,(H2,16,18). The van der Waals surface area contributed by atoms with Crippen molar-refractivity contribution in [2.75, 3.05) is 11.9 Å².